The van der Waals surface area contributed by atoms with E-state index in [0.29, 0.717) is 0 Å². The zero-order chi connectivity index (χ0) is 13.9. The van der Waals surface area contributed by atoms with Gasteiger partial charge in [-0.3, -0.25) is 0 Å². The molecule has 0 saturated heterocycles. The number of hydrogen-bond donors (Lipinski definition) is 3. The number of nitrogens with zero attached hydrogens (tertiary/aromatic N) is 2. The molecule has 0 unspecified atom stereocenters. The summed E-state index contributed by atoms with van der Waals surface area (Å²) in [5, 5.41) is 3.64. The van der Waals surface area contributed by atoms with Crippen LogP contribution < -0.4 is 16.6 Å². The topological polar surface area (TPSA) is 75.9 Å². The second-order valence-electron chi connectivity index (χ2n) is 5.47. The van der Waals surface area contributed by atoms with E-state index < -0.39 is 0 Å². The van der Waals surface area contributed by atoms with Crippen molar-refractivity contribution in [2.24, 2.45) is 5.84 Å². The number of hydrazine groups is 1. The van der Waals surface area contributed by atoms with Crippen LogP contribution in [0, 0.1) is 6.92 Å². The highest BCUT2D eigenvalue weighted by atomic mass is 15.3. The maximum Gasteiger partial charge on any atom is 0.148 e. The Kier molecular flexibility index (Phi) is 4.24. The van der Waals surface area contributed by atoms with E-state index in [-0.39, 0.29) is 5.54 Å². The molecule has 1 saturated carbocycles. The van der Waals surface area contributed by atoms with Gasteiger partial charge in [0.05, 0.1) is 0 Å². The molecule has 0 bridgehead atoms. The van der Waals surface area contributed by atoms with E-state index in [1.54, 1.807) is 0 Å². The van der Waals surface area contributed by atoms with E-state index in [4.69, 9.17) is 5.84 Å². The quantitative estimate of drug-likeness (QED) is 0.543. The van der Waals surface area contributed by atoms with Gasteiger partial charge >= 0.3 is 0 Å². The van der Waals surface area contributed by atoms with Crippen LogP contribution in [-0.4, -0.2) is 15.5 Å². The van der Waals surface area contributed by atoms with E-state index in [1.807, 2.05) is 6.92 Å². The molecular weight excluding hydrogens is 238 g/mol. The van der Waals surface area contributed by atoms with E-state index in [2.05, 4.69) is 34.6 Å². The molecule has 2 rings (SSSR count). The van der Waals surface area contributed by atoms with Crippen LogP contribution in [0.1, 0.15) is 57.3 Å². The molecule has 0 amide bonds. The Balaban J connectivity index is 2.29. The van der Waals surface area contributed by atoms with Gasteiger partial charge in [0.15, 0.2) is 0 Å². The Morgan fingerprint density at radius 2 is 1.89 bits per heavy atom. The summed E-state index contributed by atoms with van der Waals surface area (Å²) in [4.78, 5) is 9.12. The molecule has 1 aliphatic rings. The number of rotatable bonds is 6. The van der Waals surface area contributed by atoms with Gasteiger partial charge in [0.2, 0.25) is 0 Å². The van der Waals surface area contributed by atoms with Crippen LogP contribution in [0.15, 0.2) is 0 Å². The first-order valence-corrected chi connectivity index (χ1v) is 7.26. The number of nitrogens with two attached hydrogens (primary N) is 1. The molecule has 1 fully saturated rings. The number of anilines is 2. The van der Waals surface area contributed by atoms with Gasteiger partial charge in [-0.15, -0.1) is 0 Å². The monoisotopic (exact) mass is 263 g/mol. The Bertz CT molecular complexity index is 434. The second kappa shape index (κ2) is 5.74. The molecule has 106 valence electrons. The second-order valence-corrected chi connectivity index (χ2v) is 5.47. The van der Waals surface area contributed by atoms with Gasteiger partial charge in [0.1, 0.15) is 17.5 Å². The number of aromatic nitrogens is 2. The van der Waals surface area contributed by atoms with Crippen LogP contribution in [0.3, 0.4) is 0 Å². The van der Waals surface area contributed by atoms with Gasteiger partial charge in [0, 0.05) is 17.5 Å². The lowest BCUT2D eigenvalue weighted by Gasteiger charge is -2.42. The molecule has 0 aliphatic heterocycles. The van der Waals surface area contributed by atoms with Crippen molar-refractivity contribution in [3.05, 3.63) is 11.4 Å². The minimum absolute atomic E-state index is 0.231. The Hall–Kier alpha value is -1.36. The molecule has 0 radical (unpaired) electrons. The molecule has 1 aromatic rings. The third kappa shape index (κ3) is 2.81. The highest BCUT2D eigenvalue weighted by Gasteiger charge is 2.35. The predicted molar refractivity (Wildman–Crippen MR) is 79.1 cm³/mol. The molecule has 5 nitrogen and oxygen atoms in total. The summed E-state index contributed by atoms with van der Waals surface area (Å²) in [6.07, 6.45) is 6.79. The summed E-state index contributed by atoms with van der Waals surface area (Å²) in [5.74, 6) is 8.08. The van der Waals surface area contributed by atoms with Crippen molar-refractivity contribution < 1.29 is 0 Å². The van der Waals surface area contributed by atoms with Crippen molar-refractivity contribution in [1.29, 1.82) is 0 Å². The lowest BCUT2D eigenvalue weighted by Crippen LogP contribution is -2.44. The van der Waals surface area contributed by atoms with Crippen LogP contribution in [0.4, 0.5) is 11.6 Å². The van der Waals surface area contributed by atoms with Crippen LogP contribution in [-0.2, 0) is 6.42 Å². The van der Waals surface area contributed by atoms with E-state index in [0.717, 1.165) is 42.3 Å². The third-order valence-corrected chi connectivity index (χ3v) is 4.17. The Morgan fingerprint density at radius 3 is 2.37 bits per heavy atom. The third-order valence-electron chi connectivity index (χ3n) is 4.17. The number of nitrogen functional groups attached to an aromatic ring is 1. The standard InChI is InChI=1S/C14H25N5/c1-4-7-11-16-12(10(3)13(17-11)19-15)18-14(5-2)8-6-9-14/h4-9,15H2,1-3H3,(H2,16,17,18,19). The minimum Gasteiger partial charge on any atom is -0.364 e. The van der Waals surface area contributed by atoms with Crippen LogP contribution >= 0.6 is 0 Å². The van der Waals surface area contributed by atoms with Crippen molar-refractivity contribution in [1.82, 2.24) is 9.97 Å². The summed E-state index contributed by atoms with van der Waals surface area (Å²) in [7, 11) is 0. The van der Waals surface area contributed by atoms with Crippen LogP contribution in [0.25, 0.3) is 0 Å². The van der Waals surface area contributed by atoms with E-state index in [1.165, 1.54) is 19.3 Å². The van der Waals surface area contributed by atoms with Gasteiger partial charge in [-0.25, -0.2) is 15.8 Å². The largest absolute Gasteiger partial charge is 0.364 e. The molecule has 5 heteroatoms. The fourth-order valence-electron chi connectivity index (χ4n) is 2.58. The first kappa shape index (κ1) is 14.1. The van der Waals surface area contributed by atoms with Gasteiger partial charge in [-0.05, 0) is 39.0 Å². The van der Waals surface area contributed by atoms with Crippen molar-refractivity contribution >= 4 is 11.6 Å². The smallest absolute Gasteiger partial charge is 0.148 e. The first-order valence-electron chi connectivity index (χ1n) is 7.26. The minimum atomic E-state index is 0.231. The van der Waals surface area contributed by atoms with Crippen LogP contribution in [0.5, 0.6) is 0 Å². The lowest BCUT2D eigenvalue weighted by atomic mass is 9.75. The van der Waals surface area contributed by atoms with E-state index in [9.17, 15) is 0 Å². The number of nitrogens with one attached hydrogen (secondary N) is 2. The maximum absolute atomic E-state index is 5.56. The molecule has 4 N–H and O–H groups in total. The molecular formula is C14H25N5. The highest BCUT2D eigenvalue weighted by Crippen LogP contribution is 2.38. The summed E-state index contributed by atoms with van der Waals surface area (Å²) < 4.78 is 0. The zero-order valence-corrected chi connectivity index (χ0v) is 12.2. The molecule has 19 heavy (non-hydrogen) atoms. The lowest BCUT2D eigenvalue weighted by molar-refractivity contribution is 0.268. The number of hydrogen-bond acceptors (Lipinski definition) is 5. The Labute approximate surface area is 115 Å². The molecule has 0 atom stereocenters. The number of aryl methyl sites for hydroxylation is 1. The maximum atomic E-state index is 5.56. The van der Waals surface area contributed by atoms with Crippen LogP contribution in [0.2, 0.25) is 0 Å². The van der Waals surface area contributed by atoms with Crippen molar-refractivity contribution in [3.8, 4) is 0 Å². The van der Waals surface area contributed by atoms with Crippen molar-refractivity contribution in [2.45, 2.75) is 64.8 Å². The SMILES string of the molecule is CCCc1nc(NN)c(C)c(NC2(CC)CCC2)n1. The fraction of sp³-hybridized carbons (Fsp3) is 0.714. The predicted octanol–water partition coefficient (Wildman–Crippen LogP) is 2.77. The molecule has 0 spiro atoms. The van der Waals surface area contributed by atoms with Gasteiger partial charge in [-0.1, -0.05) is 13.8 Å². The van der Waals surface area contributed by atoms with Gasteiger partial charge in [0.25, 0.3) is 0 Å². The van der Waals surface area contributed by atoms with Crippen molar-refractivity contribution in [3.63, 3.8) is 0 Å². The first-order chi connectivity index (χ1) is 9.14. The Morgan fingerprint density at radius 1 is 1.21 bits per heavy atom. The zero-order valence-electron chi connectivity index (χ0n) is 12.2. The highest BCUT2D eigenvalue weighted by molar-refractivity contribution is 5.58. The molecule has 0 aromatic carbocycles. The summed E-state index contributed by atoms with van der Waals surface area (Å²) in [6.45, 7) is 6.37. The summed E-state index contributed by atoms with van der Waals surface area (Å²) in [6, 6.07) is 0. The normalized spacial score (nSPS) is 16.8. The average molecular weight is 263 g/mol. The molecule has 1 heterocycles. The molecule has 1 aromatic heterocycles. The van der Waals surface area contributed by atoms with E-state index >= 15 is 0 Å². The van der Waals surface area contributed by atoms with Crippen molar-refractivity contribution in [2.75, 3.05) is 10.7 Å². The summed E-state index contributed by atoms with van der Waals surface area (Å²) in [5.41, 5.74) is 3.92. The average Bonchev–Trinajstić information content (AvgIpc) is 2.37. The fourth-order valence-corrected chi connectivity index (χ4v) is 2.58. The summed E-state index contributed by atoms with van der Waals surface area (Å²) >= 11 is 0. The molecule has 1 aliphatic carbocycles. The van der Waals surface area contributed by atoms with Gasteiger partial charge < -0.3 is 10.7 Å². The van der Waals surface area contributed by atoms with Gasteiger partial charge in [-0.2, -0.15) is 0 Å².